The Hall–Kier alpha value is -0.0500. The van der Waals surface area contributed by atoms with Crippen molar-refractivity contribution in [2.75, 3.05) is 0 Å². The molecule has 6 heavy (non-hydrogen) atoms. The highest BCUT2D eigenvalue weighted by Gasteiger charge is 1.86. The maximum atomic E-state index is 6.32. The van der Waals surface area contributed by atoms with Crippen LogP contribution in [-0.4, -0.2) is 5.25 Å². The summed E-state index contributed by atoms with van der Waals surface area (Å²) in [5.74, 6) is 0. The number of hydrogen-bond donors (Lipinski definition) is 1. The minimum absolute atomic E-state index is 0.461. The van der Waals surface area contributed by atoms with Crippen LogP contribution in [0.5, 0.6) is 0 Å². The van der Waals surface area contributed by atoms with E-state index in [2.05, 4.69) is 4.52 Å². The zero-order chi connectivity index (χ0) is 4.99. The van der Waals surface area contributed by atoms with Gasteiger partial charge in [0.2, 0.25) is 0 Å². The number of hydrogen-bond acceptors (Lipinski definition) is 3. The fourth-order valence-corrected chi connectivity index (χ4v) is 0.316. The smallest absolute Gasteiger partial charge is 0.0228 e. The molecule has 0 fully saturated rings. The summed E-state index contributed by atoms with van der Waals surface area (Å²) in [6, 6.07) is 0. The average molecular weight is 104 g/mol. The highest BCUT2D eigenvalue weighted by Crippen LogP contribution is 2.07. The van der Waals surface area contributed by atoms with Gasteiger partial charge in [-0.3, -0.25) is 0 Å². The van der Waals surface area contributed by atoms with E-state index in [1.54, 1.807) is 0 Å². The molecule has 0 saturated heterocycles. The van der Waals surface area contributed by atoms with Gasteiger partial charge >= 0.3 is 0 Å². The van der Waals surface area contributed by atoms with Crippen LogP contribution in [0.1, 0.15) is 13.8 Å². The lowest BCUT2D eigenvalue weighted by atomic mass is 10.6. The van der Waals surface area contributed by atoms with E-state index < -0.39 is 0 Å². The molecule has 0 amide bonds. The normalized spacial score (nSPS) is 9.17. The number of rotatable bonds is 2. The lowest BCUT2D eigenvalue weighted by Crippen LogP contribution is -1.78. The molecule has 0 aromatic carbocycles. The minimum Gasteiger partial charge on any atom is -0.198 e. The lowest BCUT2D eigenvalue weighted by molar-refractivity contribution is 1.10. The fourth-order valence-electron chi connectivity index (χ4n) is 0.105. The fraction of sp³-hybridized carbons (Fsp3) is 1.00. The first-order valence-corrected chi connectivity index (χ1v) is 2.63. The second kappa shape index (κ2) is 3.15. The standard InChI is InChI=1S/C3H8N2S/c1-3(2)6-5-4/h3-4H,1-2H3. The second-order valence-corrected chi connectivity index (χ2v) is 2.58. The number of nitrogens with zero attached hydrogens (tertiary/aromatic N) is 1. The first kappa shape index (κ1) is 5.95. The molecule has 0 heterocycles. The van der Waals surface area contributed by atoms with Gasteiger partial charge in [-0.2, -0.15) is 5.53 Å². The van der Waals surface area contributed by atoms with Gasteiger partial charge in [0.05, 0.1) is 0 Å². The first-order valence-electron chi connectivity index (χ1n) is 1.80. The average Bonchev–Trinajstić information content (AvgIpc) is 1.35. The van der Waals surface area contributed by atoms with Gasteiger partial charge in [-0.1, -0.05) is 13.8 Å². The van der Waals surface area contributed by atoms with Crippen molar-refractivity contribution in [3.05, 3.63) is 0 Å². The first-order chi connectivity index (χ1) is 2.77. The van der Waals surface area contributed by atoms with Gasteiger partial charge in [-0.05, 0) is 11.9 Å². The summed E-state index contributed by atoms with van der Waals surface area (Å²) in [7, 11) is 0. The van der Waals surface area contributed by atoms with Crippen LogP contribution in [0.25, 0.3) is 0 Å². The Morgan fingerprint density at radius 2 is 2.17 bits per heavy atom. The topological polar surface area (TPSA) is 36.2 Å². The molecule has 1 N–H and O–H groups in total. The largest absolute Gasteiger partial charge is 0.198 e. The van der Waals surface area contributed by atoms with Crippen LogP contribution in [0.15, 0.2) is 4.52 Å². The van der Waals surface area contributed by atoms with Crippen LogP contribution in [0.2, 0.25) is 0 Å². The van der Waals surface area contributed by atoms with Gasteiger partial charge in [0.25, 0.3) is 0 Å². The van der Waals surface area contributed by atoms with Gasteiger partial charge in [0, 0.05) is 5.25 Å². The third-order valence-corrected chi connectivity index (χ3v) is 0.791. The maximum Gasteiger partial charge on any atom is 0.0228 e. The van der Waals surface area contributed by atoms with Gasteiger partial charge in [0.1, 0.15) is 0 Å². The van der Waals surface area contributed by atoms with E-state index in [-0.39, 0.29) is 0 Å². The van der Waals surface area contributed by atoms with Gasteiger partial charge < -0.3 is 0 Å². The third kappa shape index (κ3) is 3.95. The minimum atomic E-state index is 0.461. The molecular weight excluding hydrogens is 96.1 g/mol. The summed E-state index contributed by atoms with van der Waals surface area (Å²) in [5.41, 5.74) is 6.32. The van der Waals surface area contributed by atoms with Gasteiger partial charge in [-0.15, -0.1) is 4.52 Å². The second-order valence-electron chi connectivity index (χ2n) is 1.25. The Labute approximate surface area is 42.0 Å². The monoisotopic (exact) mass is 104 g/mol. The molecule has 0 aliphatic heterocycles. The zero-order valence-corrected chi connectivity index (χ0v) is 4.75. The molecule has 0 bridgehead atoms. The van der Waals surface area contributed by atoms with E-state index in [1.165, 1.54) is 11.9 Å². The van der Waals surface area contributed by atoms with E-state index in [4.69, 9.17) is 5.53 Å². The molecular formula is C3H8N2S. The summed E-state index contributed by atoms with van der Waals surface area (Å²) in [6.45, 7) is 4.01. The Kier molecular flexibility index (Phi) is 3.13. The summed E-state index contributed by atoms with van der Waals surface area (Å²) in [4.78, 5) is 0. The molecule has 0 aromatic rings. The van der Waals surface area contributed by atoms with Crippen LogP contribution in [-0.2, 0) is 0 Å². The highest BCUT2D eigenvalue weighted by atomic mass is 32.2. The molecule has 36 valence electrons. The van der Waals surface area contributed by atoms with E-state index in [1.807, 2.05) is 13.8 Å². The number of nitrogens with one attached hydrogen (secondary N) is 1. The molecule has 0 unspecified atom stereocenters. The van der Waals surface area contributed by atoms with Crippen LogP contribution in [0.4, 0.5) is 0 Å². The summed E-state index contributed by atoms with van der Waals surface area (Å²) in [5, 5.41) is 0.461. The van der Waals surface area contributed by atoms with Crippen molar-refractivity contribution < 1.29 is 0 Å². The van der Waals surface area contributed by atoms with E-state index in [0.29, 0.717) is 5.25 Å². The molecule has 0 rings (SSSR count). The van der Waals surface area contributed by atoms with Crippen molar-refractivity contribution in [2.45, 2.75) is 19.1 Å². The molecule has 2 nitrogen and oxygen atoms in total. The SMILES string of the molecule is CC(C)SN=N. The predicted molar refractivity (Wildman–Crippen MR) is 27.9 cm³/mol. The van der Waals surface area contributed by atoms with E-state index in [9.17, 15) is 0 Å². The third-order valence-electron chi connectivity index (χ3n) is 0.264. The van der Waals surface area contributed by atoms with Gasteiger partial charge in [0.15, 0.2) is 0 Å². The predicted octanol–water partition coefficient (Wildman–Crippen LogP) is 2.07. The molecule has 0 saturated carbocycles. The van der Waals surface area contributed by atoms with Crippen molar-refractivity contribution in [1.29, 1.82) is 5.53 Å². The van der Waals surface area contributed by atoms with Crippen LogP contribution < -0.4 is 0 Å². The van der Waals surface area contributed by atoms with Crippen LogP contribution in [0, 0.1) is 5.53 Å². The maximum absolute atomic E-state index is 6.32. The Morgan fingerprint density at radius 3 is 2.17 bits per heavy atom. The summed E-state index contributed by atoms with van der Waals surface area (Å²) >= 11 is 1.28. The van der Waals surface area contributed by atoms with E-state index >= 15 is 0 Å². The molecule has 3 heteroatoms. The van der Waals surface area contributed by atoms with Crippen LogP contribution in [0.3, 0.4) is 0 Å². The Balaban J connectivity index is 2.81. The lowest BCUT2D eigenvalue weighted by Gasteiger charge is -1.89. The van der Waals surface area contributed by atoms with Crippen molar-refractivity contribution in [1.82, 2.24) is 0 Å². The zero-order valence-electron chi connectivity index (χ0n) is 3.93. The molecule has 0 atom stereocenters. The van der Waals surface area contributed by atoms with Crippen molar-refractivity contribution >= 4 is 11.9 Å². The molecule has 0 spiro atoms. The molecule has 0 aromatic heterocycles. The van der Waals surface area contributed by atoms with Gasteiger partial charge in [-0.25, -0.2) is 0 Å². The van der Waals surface area contributed by atoms with Crippen molar-refractivity contribution in [3.8, 4) is 0 Å². The Morgan fingerprint density at radius 1 is 1.67 bits per heavy atom. The van der Waals surface area contributed by atoms with Crippen molar-refractivity contribution in [2.24, 2.45) is 4.52 Å². The van der Waals surface area contributed by atoms with Crippen LogP contribution >= 0.6 is 11.9 Å². The molecule has 0 aliphatic rings. The quantitative estimate of drug-likeness (QED) is 0.422. The summed E-state index contributed by atoms with van der Waals surface area (Å²) in [6.07, 6.45) is 0. The van der Waals surface area contributed by atoms with Crippen molar-refractivity contribution in [3.63, 3.8) is 0 Å². The molecule has 0 aliphatic carbocycles. The van der Waals surface area contributed by atoms with E-state index in [0.717, 1.165) is 0 Å². The summed E-state index contributed by atoms with van der Waals surface area (Å²) < 4.78 is 3.10. The molecule has 0 radical (unpaired) electrons. The Bertz CT molecular complexity index is 44.1. The highest BCUT2D eigenvalue weighted by molar-refractivity contribution is 7.98.